The van der Waals surface area contributed by atoms with Gasteiger partial charge in [0.15, 0.2) is 0 Å². The fraction of sp³-hybridized carbons (Fsp3) is 0.357. The second-order valence-corrected chi connectivity index (χ2v) is 4.66. The number of ether oxygens (including phenoxy) is 1. The number of hydrogen-bond donors (Lipinski definition) is 1. The molecular weight excluding hydrogens is 256 g/mol. The number of rotatable bonds is 5. The minimum absolute atomic E-state index is 0.0934. The first kappa shape index (κ1) is 14.4. The molecule has 0 saturated carbocycles. The van der Waals surface area contributed by atoms with Crippen LogP contribution in [0.25, 0.3) is 11.0 Å². The van der Waals surface area contributed by atoms with Crippen LogP contribution in [0.15, 0.2) is 30.6 Å². The highest BCUT2D eigenvalue weighted by molar-refractivity contribution is 5.97. The number of methoxy groups -OCH3 is 1. The lowest BCUT2D eigenvalue weighted by molar-refractivity contribution is 0.0765. The maximum absolute atomic E-state index is 12.3. The molecule has 0 spiro atoms. The molecule has 1 amide bonds. The average molecular weight is 274 g/mol. The van der Waals surface area contributed by atoms with Crippen molar-refractivity contribution in [2.24, 2.45) is 5.73 Å². The molecule has 1 aromatic heterocycles. The molecule has 0 bridgehead atoms. The monoisotopic (exact) mass is 274 g/mol. The molecule has 1 atom stereocenters. The van der Waals surface area contributed by atoms with Gasteiger partial charge in [-0.3, -0.25) is 14.8 Å². The number of likely N-dealkylation sites (N-methyl/N-ethyl adjacent to an activating group) is 1. The maximum Gasteiger partial charge on any atom is 0.253 e. The number of hydrogen-bond acceptors (Lipinski definition) is 5. The van der Waals surface area contributed by atoms with Crippen molar-refractivity contribution in [3.63, 3.8) is 0 Å². The van der Waals surface area contributed by atoms with Crippen LogP contribution >= 0.6 is 0 Å². The summed E-state index contributed by atoms with van der Waals surface area (Å²) in [7, 11) is 3.31. The van der Waals surface area contributed by atoms with Crippen molar-refractivity contribution in [2.75, 3.05) is 27.3 Å². The number of nitrogens with zero attached hydrogens (tertiary/aromatic N) is 3. The predicted molar refractivity (Wildman–Crippen MR) is 76.3 cm³/mol. The van der Waals surface area contributed by atoms with Gasteiger partial charge in [-0.1, -0.05) is 0 Å². The molecule has 6 heteroatoms. The standard InChI is InChI=1S/C14H18N4O2/c1-18(8-11(15)9-20-2)14(19)10-3-4-12-13(7-10)17-6-5-16-12/h3-7,11H,8-9,15H2,1-2H3. The van der Waals surface area contributed by atoms with Gasteiger partial charge in [-0.2, -0.15) is 0 Å². The van der Waals surface area contributed by atoms with Crippen LogP contribution in [0.1, 0.15) is 10.4 Å². The summed E-state index contributed by atoms with van der Waals surface area (Å²) in [4.78, 5) is 22.3. The zero-order valence-electron chi connectivity index (χ0n) is 11.6. The Bertz CT molecular complexity index is 602. The normalized spacial score (nSPS) is 12.3. The molecular formula is C14H18N4O2. The molecule has 0 saturated heterocycles. The number of benzene rings is 1. The molecule has 0 aliphatic carbocycles. The van der Waals surface area contributed by atoms with Crippen LogP contribution in [-0.2, 0) is 4.74 Å². The van der Waals surface area contributed by atoms with Gasteiger partial charge in [0.25, 0.3) is 5.91 Å². The van der Waals surface area contributed by atoms with Crippen molar-refractivity contribution in [3.8, 4) is 0 Å². The van der Waals surface area contributed by atoms with E-state index in [-0.39, 0.29) is 11.9 Å². The minimum Gasteiger partial charge on any atom is -0.383 e. The summed E-state index contributed by atoms with van der Waals surface area (Å²) in [6.07, 6.45) is 3.23. The summed E-state index contributed by atoms with van der Waals surface area (Å²) in [6, 6.07) is 5.08. The fourth-order valence-corrected chi connectivity index (χ4v) is 2.02. The Balaban J connectivity index is 2.14. The molecule has 20 heavy (non-hydrogen) atoms. The second-order valence-electron chi connectivity index (χ2n) is 4.66. The van der Waals surface area contributed by atoms with E-state index in [1.807, 2.05) is 0 Å². The summed E-state index contributed by atoms with van der Waals surface area (Å²) in [5.41, 5.74) is 7.89. The SMILES string of the molecule is COCC(N)CN(C)C(=O)c1ccc2nccnc2c1. The third-order valence-corrected chi connectivity index (χ3v) is 2.95. The summed E-state index contributed by atoms with van der Waals surface area (Å²) in [5, 5.41) is 0. The second kappa shape index (κ2) is 6.40. The van der Waals surface area contributed by atoms with Crippen LogP contribution < -0.4 is 5.73 Å². The lowest BCUT2D eigenvalue weighted by Gasteiger charge is -2.21. The highest BCUT2D eigenvalue weighted by Gasteiger charge is 2.15. The molecule has 0 aliphatic heterocycles. The summed E-state index contributed by atoms with van der Waals surface area (Å²) in [5.74, 6) is -0.0934. The third-order valence-electron chi connectivity index (χ3n) is 2.95. The van der Waals surface area contributed by atoms with Gasteiger partial charge < -0.3 is 15.4 Å². The van der Waals surface area contributed by atoms with Crippen LogP contribution in [0.2, 0.25) is 0 Å². The number of aromatic nitrogens is 2. The van der Waals surface area contributed by atoms with Crippen LogP contribution in [0.3, 0.4) is 0 Å². The molecule has 0 aliphatic rings. The molecule has 1 heterocycles. The van der Waals surface area contributed by atoms with Crippen LogP contribution in [0.4, 0.5) is 0 Å². The van der Waals surface area contributed by atoms with Gasteiger partial charge in [0.05, 0.1) is 17.6 Å². The van der Waals surface area contributed by atoms with Crippen molar-refractivity contribution < 1.29 is 9.53 Å². The fourth-order valence-electron chi connectivity index (χ4n) is 2.02. The summed E-state index contributed by atoms with van der Waals surface area (Å²) in [6.45, 7) is 0.853. The number of carbonyl (C=O) groups is 1. The van der Waals surface area contributed by atoms with Gasteiger partial charge in [-0.25, -0.2) is 0 Å². The predicted octanol–water partition coefficient (Wildman–Crippen LogP) is 0.676. The van der Waals surface area contributed by atoms with Gasteiger partial charge in [0, 0.05) is 44.7 Å². The van der Waals surface area contributed by atoms with E-state index in [1.165, 1.54) is 0 Å². The van der Waals surface area contributed by atoms with Gasteiger partial charge in [0.1, 0.15) is 0 Å². The smallest absolute Gasteiger partial charge is 0.253 e. The molecule has 0 fully saturated rings. The van der Waals surface area contributed by atoms with Crippen molar-refractivity contribution in [3.05, 3.63) is 36.2 Å². The van der Waals surface area contributed by atoms with Crippen molar-refractivity contribution in [1.29, 1.82) is 0 Å². The lowest BCUT2D eigenvalue weighted by Crippen LogP contribution is -2.41. The maximum atomic E-state index is 12.3. The van der Waals surface area contributed by atoms with Gasteiger partial charge in [-0.15, -0.1) is 0 Å². The van der Waals surface area contributed by atoms with E-state index in [0.29, 0.717) is 24.2 Å². The van der Waals surface area contributed by atoms with E-state index >= 15 is 0 Å². The first-order valence-electron chi connectivity index (χ1n) is 6.32. The Morgan fingerprint density at radius 2 is 2.05 bits per heavy atom. The molecule has 1 aromatic carbocycles. The topological polar surface area (TPSA) is 81.3 Å². The quantitative estimate of drug-likeness (QED) is 0.867. The molecule has 2 N–H and O–H groups in total. The molecule has 1 unspecified atom stereocenters. The molecule has 2 aromatic rings. The molecule has 106 valence electrons. The van der Waals surface area contributed by atoms with Crippen molar-refractivity contribution in [2.45, 2.75) is 6.04 Å². The first-order chi connectivity index (χ1) is 9.61. The first-order valence-corrected chi connectivity index (χ1v) is 6.32. The van der Waals surface area contributed by atoms with Crippen LogP contribution in [-0.4, -0.2) is 54.1 Å². The Kier molecular flexibility index (Phi) is 4.60. The molecule has 6 nitrogen and oxygen atoms in total. The molecule has 0 radical (unpaired) electrons. The van der Waals surface area contributed by atoms with E-state index in [0.717, 1.165) is 5.52 Å². The molecule has 2 rings (SSSR count). The zero-order valence-corrected chi connectivity index (χ0v) is 11.6. The van der Waals surface area contributed by atoms with E-state index in [2.05, 4.69) is 9.97 Å². The van der Waals surface area contributed by atoms with Crippen LogP contribution in [0, 0.1) is 0 Å². The van der Waals surface area contributed by atoms with E-state index < -0.39 is 0 Å². The zero-order chi connectivity index (χ0) is 14.5. The van der Waals surface area contributed by atoms with E-state index in [4.69, 9.17) is 10.5 Å². The number of nitrogens with two attached hydrogens (primary N) is 1. The van der Waals surface area contributed by atoms with Crippen molar-refractivity contribution >= 4 is 16.9 Å². The summed E-state index contributed by atoms with van der Waals surface area (Å²) < 4.78 is 4.97. The highest BCUT2D eigenvalue weighted by Crippen LogP contribution is 2.12. The average Bonchev–Trinajstić information content (AvgIpc) is 2.46. The van der Waals surface area contributed by atoms with E-state index in [1.54, 1.807) is 49.7 Å². The Labute approximate surface area is 117 Å². The van der Waals surface area contributed by atoms with Crippen molar-refractivity contribution in [1.82, 2.24) is 14.9 Å². The number of amides is 1. The Hall–Kier alpha value is -2.05. The lowest BCUT2D eigenvalue weighted by atomic mass is 10.1. The largest absolute Gasteiger partial charge is 0.383 e. The number of fused-ring (bicyclic) bond motifs is 1. The Morgan fingerprint density at radius 1 is 1.35 bits per heavy atom. The summed E-state index contributed by atoms with van der Waals surface area (Å²) >= 11 is 0. The highest BCUT2D eigenvalue weighted by atomic mass is 16.5. The Morgan fingerprint density at radius 3 is 2.75 bits per heavy atom. The van der Waals surface area contributed by atoms with Gasteiger partial charge in [-0.05, 0) is 18.2 Å². The van der Waals surface area contributed by atoms with Gasteiger partial charge >= 0.3 is 0 Å². The third kappa shape index (κ3) is 3.28. The van der Waals surface area contributed by atoms with Gasteiger partial charge in [0.2, 0.25) is 0 Å². The van der Waals surface area contributed by atoms with Crippen LogP contribution in [0.5, 0.6) is 0 Å². The van der Waals surface area contributed by atoms with E-state index in [9.17, 15) is 4.79 Å². The number of carbonyl (C=O) groups excluding carboxylic acids is 1. The minimum atomic E-state index is -0.200.